The van der Waals surface area contributed by atoms with Gasteiger partial charge in [-0.15, -0.1) is 0 Å². The van der Waals surface area contributed by atoms with Crippen molar-refractivity contribution in [3.8, 4) is 11.5 Å². The Balaban J connectivity index is 2.89. The summed E-state index contributed by atoms with van der Waals surface area (Å²) < 4.78 is 10.9. The van der Waals surface area contributed by atoms with Crippen LogP contribution in [0.4, 0.5) is 5.69 Å². The zero-order valence-electron chi connectivity index (χ0n) is 13.0. The zero-order chi connectivity index (χ0) is 14.9. The van der Waals surface area contributed by atoms with Crippen LogP contribution in [0.2, 0.25) is 0 Å². The molecule has 0 bridgehead atoms. The predicted octanol–water partition coefficient (Wildman–Crippen LogP) is 3.59. The van der Waals surface area contributed by atoms with E-state index in [0.29, 0.717) is 0 Å². The van der Waals surface area contributed by atoms with Crippen LogP contribution < -0.4 is 14.8 Å². The fraction of sp³-hybridized carbons (Fsp3) is 0.438. The summed E-state index contributed by atoms with van der Waals surface area (Å²) in [5.41, 5.74) is 2.80. The van der Waals surface area contributed by atoms with E-state index in [2.05, 4.69) is 32.2 Å². The number of ether oxygens (including phenoxy) is 2. The summed E-state index contributed by atoms with van der Waals surface area (Å²) in [4.78, 5) is 4.79. The van der Waals surface area contributed by atoms with Crippen LogP contribution in [-0.2, 0) is 5.41 Å². The van der Waals surface area contributed by atoms with Crippen molar-refractivity contribution in [1.82, 2.24) is 4.98 Å². The molecule has 0 spiro atoms. The molecular formula is C16H22N2O2. The van der Waals surface area contributed by atoms with Crippen molar-refractivity contribution in [2.75, 3.05) is 26.6 Å². The number of aromatic nitrogens is 1. The van der Waals surface area contributed by atoms with Gasteiger partial charge in [0.1, 0.15) is 17.0 Å². The van der Waals surface area contributed by atoms with E-state index in [1.807, 2.05) is 19.2 Å². The molecule has 0 aliphatic rings. The second kappa shape index (κ2) is 5.19. The molecule has 1 aromatic carbocycles. The number of benzene rings is 1. The van der Waals surface area contributed by atoms with E-state index in [4.69, 9.17) is 14.5 Å². The van der Waals surface area contributed by atoms with Crippen molar-refractivity contribution in [2.45, 2.75) is 26.2 Å². The number of fused-ring (bicyclic) bond motifs is 1. The average Bonchev–Trinajstić information content (AvgIpc) is 2.43. The van der Waals surface area contributed by atoms with E-state index in [9.17, 15) is 0 Å². The van der Waals surface area contributed by atoms with Gasteiger partial charge < -0.3 is 14.8 Å². The highest BCUT2D eigenvalue weighted by atomic mass is 16.5. The molecule has 0 aliphatic carbocycles. The third kappa shape index (κ3) is 2.38. The van der Waals surface area contributed by atoms with Crippen molar-refractivity contribution in [3.63, 3.8) is 0 Å². The van der Waals surface area contributed by atoms with Gasteiger partial charge in [0, 0.05) is 23.8 Å². The molecule has 1 N–H and O–H groups in total. The van der Waals surface area contributed by atoms with E-state index in [-0.39, 0.29) is 5.41 Å². The lowest BCUT2D eigenvalue weighted by atomic mass is 9.90. The molecular weight excluding hydrogens is 252 g/mol. The van der Waals surface area contributed by atoms with Gasteiger partial charge in [0.05, 0.1) is 19.6 Å². The lowest BCUT2D eigenvalue weighted by Gasteiger charge is -2.21. The Bertz CT molecular complexity index is 630. The summed E-state index contributed by atoms with van der Waals surface area (Å²) in [6.07, 6.45) is 0. The van der Waals surface area contributed by atoms with Crippen molar-refractivity contribution >= 4 is 16.6 Å². The topological polar surface area (TPSA) is 43.4 Å². The minimum absolute atomic E-state index is 0.0339. The van der Waals surface area contributed by atoms with E-state index >= 15 is 0 Å². The van der Waals surface area contributed by atoms with Gasteiger partial charge >= 0.3 is 0 Å². The lowest BCUT2D eigenvalue weighted by Crippen LogP contribution is -2.14. The number of anilines is 1. The molecule has 1 aromatic heterocycles. The van der Waals surface area contributed by atoms with Gasteiger partial charge in [-0.1, -0.05) is 20.8 Å². The van der Waals surface area contributed by atoms with Gasteiger partial charge in [0.25, 0.3) is 0 Å². The van der Waals surface area contributed by atoms with Gasteiger partial charge in [0.2, 0.25) is 0 Å². The lowest BCUT2D eigenvalue weighted by molar-refractivity contribution is 0.409. The standard InChI is InChI=1S/C16H22N2O2/c1-16(2,3)13-9-10(17-4)14-11(19-5)7-8-12(20-6)15(14)18-13/h7-9H,1-6H3,(H,17,18). The molecule has 0 atom stereocenters. The summed E-state index contributed by atoms with van der Waals surface area (Å²) in [5.74, 6) is 1.54. The SMILES string of the molecule is CNc1cc(C(C)(C)C)nc2c(OC)ccc(OC)c12. The van der Waals surface area contributed by atoms with Crippen molar-refractivity contribution in [1.29, 1.82) is 0 Å². The van der Waals surface area contributed by atoms with Crippen LogP contribution in [0.1, 0.15) is 26.5 Å². The highest BCUT2D eigenvalue weighted by molar-refractivity contribution is 6.00. The fourth-order valence-corrected chi connectivity index (χ4v) is 2.20. The van der Waals surface area contributed by atoms with Crippen LogP contribution in [0.3, 0.4) is 0 Å². The first-order valence-corrected chi connectivity index (χ1v) is 6.66. The Hall–Kier alpha value is -1.97. The molecule has 0 radical (unpaired) electrons. The number of hydrogen-bond acceptors (Lipinski definition) is 4. The maximum atomic E-state index is 5.46. The number of nitrogens with zero attached hydrogens (tertiary/aromatic N) is 1. The van der Waals surface area contributed by atoms with Crippen LogP contribution in [-0.4, -0.2) is 26.3 Å². The van der Waals surface area contributed by atoms with Crippen LogP contribution in [0.15, 0.2) is 18.2 Å². The molecule has 108 valence electrons. The van der Waals surface area contributed by atoms with E-state index < -0.39 is 0 Å². The van der Waals surface area contributed by atoms with Gasteiger partial charge in [-0.2, -0.15) is 0 Å². The molecule has 4 heteroatoms. The Labute approximate surface area is 120 Å². The first-order chi connectivity index (χ1) is 9.42. The molecule has 0 amide bonds. The Kier molecular flexibility index (Phi) is 3.75. The maximum Gasteiger partial charge on any atom is 0.145 e. The Morgan fingerprint density at radius 2 is 1.65 bits per heavy atom. The summed E-state index contributed by atoms with van der Waals surface area (Å²) in [7, 11) is 5.23. The summed E-state index contributed by atoms with van der Waals surface area (Å²) in [6.45, 7) is 6.44. The maximum absolute atomic E-state index is 5.46. The van der Waals surface area contributed by atoms with Crippen LogP contribution in [0, 0.1) is 0 Å². The van der Waals surface area contributed by atoms with Crippen LogP contribution in [0.25, 0.3) is 10.9 Å². The molecule has 0 saturated carbocycles. The summed E-state index contributed by atoms with van der Waals surface area (Å²) in [5, 5.41) is 4.18. The molecule has 1 heterocycles. The minimum atomic E-state index is -0.0339. The normalized spacial score (nSPS) is 11.5. The number of nitrogens with one attached hydrogen (secondary N) is 1. The molecule has 2 rings (SSSR count). The second-order valence-electron chi connectivity index (χ2n) is 5.75. The number of hydrogen-bond donors (Lipinski definition) is 1. The van der Waals surface area contributed by atoms with E-state index in [1.54, 1.807) is 14.2 Å². The monoisotopic (exact) mass is 274 g/mol. The van der Waals surface area contributed by atoms with E-state index in [0.717, 1.165) is 33.8 Å². The quantitative estimate of drug-likeness (QED) is 0.929. The molecule has 0 unspecified atom stereocenters. The second-order valence-corrected chi connectivity index (χ2v) is 5.75. The summed E-state index contributed by atoms with van der Waals surface area (Å²) in [6, 6.07) is 5.87. The van der Waals surface area contributed by atoms with Gasteiger partial charge in [-0.05, 0) is 18.2 Å². The Morgan fingerprint density at radius 3 is 2.15 bits per heavy atom. The summed E-state index contributed by atoms with van der Waals surface area (Å²) >= 11 is 0. The van der Waals surface area contributed by atoms with Gasteiger partial charge in [-0.3, -0.25) is 0 Å². The zero-order valence-corrected chi connectivity index (χ0v) is 13.0. The first-order valence-electron chi connectivity index (χ1n) is 6.66. The number of rotatable bonds is 3. The molecule has 4 nitrogen and oxygen atoms in total. The molecule has 0 fully saturated rings. The van der Waals surface area contributed by atoms with Crippen LogP contribution in [0.5, 0.6) is 11.5 Å². The molecule has 0 saturated heterocycles. The third-order valence-corrected chi connectivity index (χ3v) is 3.36. The largest absolute Gasteiger partial charge is 0.496 e. The molecule has 0 aliphatic heterocycles. The molecule has 20 heavy (non-hydrogen) atoms. The van der Waals surface area contributed by atoms with Crippen molar-refractivity contribution in [2.24, 2.45) is 0 Å². The predicted molar refractivity (Wildman–Crippen MR) is 83.1 cm³/mol. The van der Waals surface area contributed by atoms with Crippen molar-refractivity contribution in [3.05, 3.63) is 23.9 Å². The highest BCUT2D eigenvalue weighted by Gasteiger charge is 2.20. The number of methoxy groups -OCH3 is 2. The van der Waals surface area contributed by atoms with Gasteiger partial charge in [0.15, 0.2) is 0 Å². The van der Waals surface area contributed by atoms with Gasteiger partial charge in [-0.25, -0.2) is 4.98 Å². The number of pyridine rings is 1. The minimum Gasteiger partial charge on any atom is -0.496 e. The van der Waals surface area contributed by atoms with Crippen molar-refractivity contribution < 1.29 is 9.47 Å². The molecule has 2 aromatic rings. The van der Waals surface area contributed by atoms with E-state index in [1.165, 1.54) is 0 Å². The first kappa shape index (κ1) is 14.4. The third-order valence-electron chi connectivity index (χ3n) is 3.36. The smallest absolute Gasteiger partial charge is 0.145 e. The van der Waals surface area contributed by atoms with Crippen LogP contribution >= 0.6 is 0 Å². The highest BCUT2D eigenvalue weighted by Crippen LogP contribution is 2.38. The Morgan fingerprint density at radius 1 is 1.05 bits per heavy atom. The average molecular weight is 274 g/mol. The fourth-order valence-electron chi connectivity index (χ4n) is 2.20.